The van der Waals surface area contributed by atoms with Crippen molar-refractivity contribution in [2.24, 2.45) is 11.7 Å². The van der Waals surface area contributed by atoms with Crippen LogP contribution < -0.4 is 5.73 Å². The van der Waals surface area contributed by atoms with Crippen LogP contribution in [0.2, 0.25) is 0 Å². The summed E-state index contributed by atoms with van der Waals surface area (Å²) in [5.74, 6) is -1.27. The van der Waals surface area contributed by atoms with Crippen LogP contribution in [-0.4, -0.2) is 51.2 Å². The van der Waals surface area contributed by atoms with Gasteiger partial charge in [0.05, 0.1) is 6.04 Å². The van der Waals surface area contributed by atoms with Crippen molar-refractivity contribution in [3.05, 3.63) is 0 Å². The normalized spacial score (nSPS) is 23.9. The lowest BCUT2D eigenvalue weighted by Crippen LogP contribution is -2.59. The van der Waals surface area contributed by atoms with E-state index in [4.69, 9.17) is 5.73 Å². The summed E-state index contributed by atoms with van der Waals surface area (Å²) < 4.78 is 0. The van der Waals surface area contributed by atoms with Gasteiger partial charge in [-0.1, -0.05) is 20.3 Å². The molecule has 0 unspecified atom stereocenters. The van der Waals surface area contributed by atoms with E-state index >= 15 is 0 Å². The van der Waals surface area contributed by atoms with Crippen molar-refractivity contribution in [3.63, 3.8) is 0 Å². The van der Waals surface area contributed by atoms with Crippen LogP contribution in [0, 0.1) is 5.92 Å². The second kappa shape index (κ2) is 4.71. The Balaban J connectivity index is 2.76. The summed E-state index contributed by atoms with van der Waals surface area (Å²) in [4.78, 5) is 13.2. The van der Waals surface area contributed by atoms with E-state index in [0.29, 0.717) is 19.4 Å². The van der Waals surface area contributed by atoms with E-state index in [1.165, 1.54) is 4.90 Å². The first-order chi connectivity index (χ1) is 7.25. The molecule has 0 aromatic heterocycles. The molecular formula is C9H20BN2O4-. The highest BCUT2D eigenvalue weighted by molar-refractivity contribution is 6.58. The maximum Gasteiger partial charge on any atom is 0.394 e. The van der Waals surface area contributed by atoms with Crippen molar-refractivity contribution in [2.75, 3.05) is 6.54 Å². The Morgan fingerprint density at radius 1 is 1.44 bits per heavy atom. The molecule has 1 saturated heterocycles. The fourth-order valence-electron chi connectivity index (χ4n) is 2.01. The lowest BCUT2D eigenvalue weighted by atomic mass is 9.68. The molecular weight excluding hydrogens is 211 g/mol. The SMILES string of the molecule is CC(C)[C@@H](N)C(=O)N1CCC[C@H]1[B-](O)(O)O. The van der Waals surface area contributed by atoms with Crippen molar-refractivity contribution in [2.45, 2.75) is 38.7 Å². The number of rotatable bonds is 3. The van der Waals surface area contributed by atoms with E-state index in [2.05, 4.69) is 0 Å². The van der Waals surface area contributed by atoms with Gasteiger partial charge in [0.15, 0.2) is 0 Å². The summed E-state index contributed by atoms with van der Waals surface area (Å²) in [6.45, 7) is 0.565. The highest BCUT2D eigenvalue weighted by Crippen LogP contribution is 2.23. The molecule has 0 radical (unpaired) electrons. The van der Waals surface area contributed by atoms with Gasteiger partial charge >= 0.3 is 6.75 Å². The third kappa shape index (κ3) is 2.73. The molecule has 1 amide bonds. The Morgan fingerprint density at radius 2 is 2.00 bits per heavy atom. The monoisotopic (exact) mass is 231 g/mol. The fraction of sp³-hybridized carbons (Fsp3) is 0.889. The van der Waals surface area contributed by atoms with Crippen molar-refractivity contribution in [3.8, 4) is 0 Å². The minimum atomic E-state index is -3.49. The molecule has 1 aliphatic rings. The average molecular weight is 231 g/mol. The third-order valence-electron chi connectivity index (χ3n) is 3.10. The van der Waals surface area contributed by atoms with E-state index in [9.17, 15) is 19.9 Å². The first-order valence-electron chi connectivity index (χ1n) is 5.63. The zero-order chi connectivity index (χ0) is 12.5. The van der Waals surface area contributed by atoms with E-state index < -0.39 is 18.7 Å². The molecule has 0 spiro atoms. The van der Waals surface area contributed by atoms with E-state index in [0.717, 1.165) is 0 Å². The van der Waals surface area contributed by atoms with Crippen molar-refractivity contribution in [1.82, 2.24) is 4.90 Å². The van der Waals surface area contributed by atoms with Crippen LogP contribution >= 0.6 is 0 Å². The van der Waals surface area contributed by atoms with Gasteiger partial charge in [0, 0.05) is 6.54 Å². The van der Waals surface area contributed by atoms with Crippen molar-refractivity contribution < 1.29 is 19.9 Å². The third-order valence-corrected chi connectivity index (χ3v) is 3.10. The summed E-state index contributed by atoms with van der Waals surface area (Å²) in [5, 5.41) is 27.6. The number of carbonyl (C=O) groups excluding carboxylic acids is 1. The first-order valence-corrected chi connectivity index (χ1v) is 5.63. The van der Waals surface area contributed by atoms with Crippen LogP contribution in [0.1, 0.15) is 26.7 Å². The number of nitrogens with zero attached hydrogens (tertiary/aromatic N) is 1. The molecule has 5 N–H and O–H groups in total. The van der Waals surface area contributed by atoms with Gasteiger partial charge in [-0.25, -0.2) is 0 Å². The second-order valence-corrected chi connectivity index (χ2v) is 4.80. The molecule has 0 saturated carbocycles. The molecule has 1 heterocycles. The summed E-state index contributed by atoms with van der Waals surface area (Å²) in [7, 11) is 0. The molecule has 0 aromatic rings. The van der Waals surface area contributed by atoms with E-state index in [1.807, 2.05) is 13.8 Å². The smallest absolute Gasteiger partial charge is 0.394 e. The quantitative estimate of drug-likeness (QED) is 0.438. The van der Waals surface area contributed by atoms with E-state index in [1.54, 1.807) is 0 Å². The minimum absolute atomic E-state index is 0.0215. The lowest BCUT2D eigenvalue weighted by molar-refractivity contribution is -0.134. The predicted octanol–water partition coefficient (Wildman–Crippen LogP) is -1.58. The van der Waals surface area contributed by atoms with Crippen LogP contribution in [0.3, 0.4) is 0 Å². The fourth-order valence-corrected chi connectivity index (χ4v) is 2.01. The summed E-state index contributed by atoms with van der Waals surface area (Å²) in [6, 6.07) is -0.668. The van der Waals surface area contributed by atoms with Gasteiger partial charge in [-0.2, -0.15) is 0 Å². The lowest BCUT2D eigenvalue weighted by Gasteiger charge is -2.37. The highest BCUT2D eigenvalue weighted by Gasteiger charge is 2.40. The standard InChI is InChI=1S/C9H20BN2O4/c1-6(2)8(11)9(13)12-5-3-4-7(12)10(14,15)16/h6-8,14-16H,3-5,11H2,1-2H3/q-1/t7-,8+/m0/s1. The summed E-state index contributed by atoms with van der Waals surface area (Å²) in [5.41, 5.74) is 5.72. The number of nitrogens with two attached hydrogens (primary N) is 1. The van der Waals surface area contributed by atoms with Gasteiger partial charge in [-0.15, -0.1) is 0 Å². The number of carbonyl (C=O) groups is 1. The zero-order valence-corrected chi connectivity index (χ0v) is 9.71. The molecule has 94 valence electrons. The number of amides is 1. The Morgan fingerprint density at radius 3 is 2.44 bits per heavy atom. The molecule has 2 atom stereocenters. The Hall–Kier alpha value is -0.625. The molecule has 6 nitrogen and oxygen atoms in total. The zero-order valence-electron chi connectivity index (χ0n) is 9.71. The van der Waals surface area contributed by atoms with Gasteiger partial charge in [-0.05, 0) is 18.3 Å². The van der Waals surface area contributed by atoms with Crippen LogP contribution in [0.5, 0.6) is 0 Å². The molecule has 1 fully saturated rings. The number of hydrogen-bond donors (Lipinski definition) is 4. The van der Waals surface area contributed by atoms with Gasteiger partial charge in [-0.3, -0.25) is 4.79 Å². The van der Waals surface area contributed by atoms with Crippen molar-refractivity contribution in [1.29, 1.82) is 0 Å². The number of hydrogen-bond acceptors (Lipinski definition) is 5. The van der Waals surface area contributed by atoms with Gasteiger partial charge in [0.25, 0.3) is 0 Å². The maximum atomic E-state index is 11.9. The Bertz CT molecular complexity index is 267. The van der Waals surface area contributed by atoms with Gasteiger partial charge < -0.3 is 25.7 Å². The van der Waals surface area contributed by atoms with Crippen LogP contribution in [-0.2, 0) is 4.79 Å². The van der Waals surface area contributed by atoms with Crippen LogP contribution in [0.4, 0.5) is 0 Å². The largest absolute Gasteiger partial charge is 0.558 e. The molecule has 16 heavy (non-hydrogen) atoms. The molecule has 0 bridgehead atoms. The van der Waals surface area contributed by atoms with E-state index in [-0.39, 0.29) is 11.8 Å². The van der Waals surface area contributed by atoms with Gasteiger partial charge in [0.1, 0.15) is 0 Å². The number of likely N-dealkylation sites (tertiary alicyclic amines) is 1. The summed E-state index contributed by atoms with van der Waals surface area (Å²) in [6.07, 6.45) is 1.03. The van der Waals surface area contributed by atoms with Gasteiger partial charge in [0.2, 0.25) is 5.91 Å². The molecule has 0 aromatic carbocycles. The molecule has 7 heteroatoms. The Labute approximate surface area is 95.1 Å². The van der Waals surface area contributed by atoms with Crippen LogP contribution in [0.15, 0.2) is 0 Å². The van der Waals surface area contributed by atoms with Crippen molar-refractivity contribution >= 4 is 12.7 Å². The highest BCUT2D eigenvalue weighted by atomic mass is 16.5. The molecule has 1 rings (SSSR count). The maximum absolute atomic E-state index is 11.9. The minimum Gasteiger partial charge on any atom is -0.558 e. The molecule has 1 aliphatic heterocycles. The topological polar surface area (TPSA) is 107 Å². The van der Waals surface area contributed by atoms with Crippen LogP contribution in [0.25, 0.3) is 0 Å². The average Bonchev–Trinajstić information content (AvgIpc) is 2.62. The summed E-state index contributed by atoms with van der Waals surface area (Å²) >= 11 is 0. The Kier molecular flexibility index (Phi) is 3.95. The molecule has 0 aliphatic carbocycles. The first kappa shape index (κ1) is 13.4. The predicted molar refractivity (Wildman–Crippen MR) is 60.0 cm³/mol. The second-order valence-electron chi connectivity index (χ2n) is 4.80.